The number of carbonyl (C=O) groups excluding carboxylic acids is 1. The molecule has 278 valence electrons. The normalized spacial score (nSPS) is 13.5. The van der Waals surface area contributed by atoms with E-state index >= 15 is 0 Å². The van der Waals surface area contributed by atoms with Gasteiger partial charge in [-0.15, -0.1) is 0 Å². The van der Waals surface area contributed by atoms with Gasteiger partial charge in [-0.1, -0.05) is 179 Å². The third kappa shape index (κ3) is 35.9. The summed E-state index contributed by atoms with van der Waals surface area (Å²) in [6.07, 6.45) is 42.6. The van der Waals surface area contributed by atoms with Gasteiger partial charge >= 0.3 is 0 Å². The van der Waals surface area contributed by atoms with Gasteiger partial charge < -0.3 is 10.4 Å². The van der Waals surface area contributed by atoms with Crippen molar-refractivity contribution >= 4 is 16.0 Å². The summed E-state index contributed by atoms with van der Waals surface area (Å²) in [4.78, 5) is 12.5. The Hall–Kier alpha value is -1.18. The molecule has 0 spiro atoms. The number of rotatable bonds is 36. The summed E-state index contributed by atoms with van der Waals surface area (Å²) in [7, 11) is -4.31. The third-order valence-corrected chi connectivity index (χ3v) is 9.94. The van der Waals surface area contributed by atoms with Gasteiger partial charge in [-0.25, -0.2) is 0 Å². The summed E-state index contributed by atoms with van der Waals surface area (Å²) in [5.74, 6) is -0.910. The number of carbonyl (C=O) groups is 1. The summed E-state index contributed by atoms with van der Waals surface area (Å²) < 4.78 is 32.5. The van der Waals surface area contributed by atoms with Crippen LogP contribution in [-0.4, -0.2) is 41.9 Å². The van der Waals surface area contributed by atoms with E-state index < -0.39 is 28.0 Å². The highest BCUT2D eigenvalue weighted by molar-refractivity contribution is 7.85. The van der Waals surface area contributed by atoms with E-state index in [9.17, 15) is 22.9 Å². The SMILES string of the molecule is CCCCC/C=C\C/C=C\CCCCCCCC(=O)NC(CS(=O)(=O)O)C(O)CCCCCCCCCCCCCCCCCCC. The van der Waals surface area contributed by atoms with Crippen LogP contribution < -0.4 is 5.32 Å². The maximum Gasteiger partial charge on any atom is 0.266 e. The first-order chi connectivity index (χ1) is 22.8. The maximum atomic E-state index is 12.5. The van der Waals surface area contributed by atoms with Gasteiger partial charge in [0.15, 0.2) is 0 Å². The van der Waals surface area contributed by atoms with Gasteiger partial charge in [-0.05, 0) is 44.9 Å². The van der Waals surface area contributed by atoms with E-state index in [4.69, 9.17) is 0 Å². The average Bonchev–Trinajstić information content (AvgIpc) is 3.03. The first-order valence-electron chi connectivity index (χ1n) is 20.0. The predicted octanol–water partition coefficient (Wildman–Crippen LogP) is 11.6. The van der Waals surface area contributed by atoms with Crippen molar-refractivity contribution in [1.82, 2.24) is 5.32 Å². The molecule has 2 unspecified atom stereocenters. The lowest BCUT2D eigenvalue weighted by molar-refractivity contribution is -0.122. The number of hydrogen-bond acceptors (Lipinski definition) is 4. The fraction of sp³-hybridized carbons (Fsp3) is 0.875. The Balaban J connectivity index is 3.89. The number of aliphatic hydroxyl groups excluding tert-OH is 1. The quantitative estimate of drug-likeness (QED) is 0.0346. The summed E-state index contributed by atoms with van der Waals surface area (Å²) in [5, 5.41) is 13.3. The number of aliphatic hydroxyl groups is 1. The smallest absolute Gasteiger partial charge is 0.266 e. The molecule has 3 N–H and O–H groups in total. The number of allylic oxidation sites excluding steroid dienone is 4. The molecule has 7 heteroatoms. The predicted molar refractivity (Wildman–Crippen MR) is 202 cm³/mol. The van der Waals surface area contributed by atoms with Crippen LogP contribution >= 0.6 is 0 Å². The molecule has 47 heavy (non-hydrogen) atoms. The second kappa shape index (κ2) is 34.7. The zero-order valence-electron chi connectivity index (χ0n) is 30.9. The van der Waals surface area contributed by atoms with E-state index in [2.05, 4.69) is 43.5 Å². The number of hydrogen-bond donors (Lipinski definition) is 3. The first-order valence-corrected chi connectivity index (χ1v) is 21.6. The maximum absolute atomic E-state index is 12.5. The zero-order valence-corrected chi connectivity index (χ0v) is 31.7. The molecule has 0 fully saturated rings. The minimum Gasteiger partial charge on any atom is -0.391 e. The molecular formula is C40H77NO5S. The van der Waals surface area contributed by atoms with Gasteiger partial charge in [0.2, 0.25) is 5.91 Å². The molecule has 2 atom stereocenters. The second-order valence-corrected chi connectivity index (χ2v) is 15.4. The Morgan fingerprint density at radius 2 is 0.957 bits per heavy atom. The number of amides is 1. The molecule has 0 aromatic heterocycles. The zero-order chi connectivity index (χ0) is 34.7. The van der Waals surface area contributed by atoms with Crippen LogP contribution in [0.1, 0.15) is 206 Å². The van der Waals surface area contributed by atoms with E-state index in [1.807, 2.05) is 0 Å². The van der Waals surface area contributed by atoms with Gasteiger partial charge in [0.25, 0.3) is 10.1 Å². The van der Waals surface area contributed by atoms with Crippen LogP contribution in [0, 0.1) is 0 Å². The fourth-order valence-electron chi connectivity index (χ4n) is 6.13. The summed E-state index contributed by atoms with van der Waals surface area (Å²) in [5.41, 5.74) is 0. The van der Waals surface area contributed by atoms with Crippen LogP contribution in [0.3, 0.4) is 0 Å². The lowest BCUT2D eigenvalue weighted by atomic mass is 10.0. The van der Waals surface area contributed by atoms with Crippen LogP contribution in [0.5, 0.6) is 0 Å². The van der Waals surface area contributed by atoms with Crippen LogP contribution in [0.2, 0.25) is 0 Å². The molecule has 0 saturated heterocycles. The molecule has 0 radical (unpaired) electrons. The molecule has 0 rings (SSSR count). The third-order valence-electron chi connectivity index (χ3n) is 9.16. The van der Waals surface area contributed by atoms with Crippen LogP contribution in [0.4, 0.5) is 0 Å². The molecule has 6 nitrogen and oxygen atoms in total. The lowest BCUT2D eigenvalue weighted by Crippen LogP contribution is -2.47. The monoisotopic (exact) mass is 684 g/mol. The molecule has 0 aromatic rings. The summed E-state index contributed by atoms with van der Waals surface area (Å²) in [6, 6.07) is -0.975. The van der Waals surface area contributed by atoms with Crippen LogP contribution in [0.15, 0.2) is 24.3 Å². The average molecular weight is 684 g/mol. The minimum absolute atomic E-state index is 0.259. The molecule has 0 saturated carbocycles. The van der Waals surface area contributed by atoms with E-state index in [1.165, 1.54) is 116 Å². The van der Waals surface area contributed by atoms with Gasteiger partial charge in [-0.3, -0.25) is 9.35 Å². The lowest BCUT2D eigenvalue weighted by Gasteiger charge is -2.23. The molecule has 0 aliphatic rings. The van der Waals surface area contributed by atoms with Crippen molar-refractivity contribution < 1.29 is 22.9 Å². The van der Waals surface area contributed by atoms with Crippen LogP contribution in [-0.2, 0) is 14.9 Å². The largest absolute Gasteiger partial charge is 0.391 e. The van der Waals surface area contributed by atoms with Gasteiger partial charge in [-0.2, -0.15) is 8.42 Å². The van der Waals surface area contributed by atoms with E-state index in [1.54, 1.807) is 0 Å². The Labute approximate surface area is 292 Å². The first kappa shape index (κ1) is 45.8. The Bertz CT molecular complexity index is 842. The topological polar surface area (TPSA) is 104 Å². The standard InChI is InChI=1S/C40H77NO5S/c1-3-5-7-9-11-13-15-17-19-20-22-23-25-27-29-31-33-35-39(42)38(37-47(44,45)46)41-40(43)36-34-32-30-28-26-24-21-18-16-14-12-10-8-6-4-2/h12,14,18,21,38-39,42H,3-11,13,15-17,19-20,22-37H2,1-2H3,(H,41,43)(H,44,45,46)/b14-12-,21-18-. The molecule has 0 aliphatic carbocycles. The van der Waals surface area contributed by atoms with Crippen molar-refractivity contribution in [2.24, 2.45) is 0 Å². The van der Waals surface area contributed by atoms with E-state index in [-0.39, 0.29) is 5.91 Å². The van der Waals surface area contributed by atoms with Crippen molar-refractivity contribution in [2.45, 2.75) is 219 Å². The van der Waals surface area contributed by atoms with Crippen molar-refractivity contribution in [3.63, 3.8) is 0 Å². The number of nitrogens with one attached hydrogen (secondary N) is 1. The minimum atomic E-state index is -4.31. The van der Waals surface area contributed by atoms with E-state index in [0.29, 0.717) is 12.8 Å². The van der Waals surface area contributed by atoms with Crippen molar-refractivity contribution in [3.05, 3.63) is 24.3 Å². The number of unbranched alkanes of at least 4 members (excludes halogenated alkanes) is 24. The molecule has 1 amide bonds. The van der Waals surface area contributed by atoms with Crippen molar-refractivity contribution in [2.75, 3.05) is 5.75 Å². The highest BCUT2D eigenvalue weighted by atomic mass is 32.2. The second-order valence-electron chi connectivity index (χ2n) is 13.9. The molecule has 0 aliphatic heterocycles. The van der Waals surface area contributed by atoms with Crippen molar-refractivity contribution in [1.29, 1.82) is 0 Å². The van der Waals surface area contributed by atoms with Gasteiger partial charge in [0.05, 0.1) is 17.9 Å². The van der Waals surface area contributed by atoms with Gasteiger partial charge in [0.1, 0.15) is 0 Å². The molecular weight excluding hydrogens is 607 g/mol. The Morgan fingerprint density at radius 1 is 0.574 bits per heavy atom. The highest BCUT2D eigenvalue weighted by Crippen LogP contribution is 2.16. The molecule has 0 heterocycles. The van der Waals surface area contributed by atoms with Crippen molar-refractivity contribution in [3.8, 4) is 0 Å². The summed E-state index contributed by atoms with van der Waals surface area (Å²) in [6.45, 7) is 4.49. The van der Waals surface area contributed by atoms with E-state index in [0.717, 1.165) is 64.2 Å². The van der Waals surface area contributed by atoms with Crippen LogP contribution in [0.25, 0.3) is 0 Å². The Morgan fingerprint density at radius 3 is 1.43 bits per heavy atom. The highest BCUT2D eigenvalue weighted by Gasteiger charge is 2.26. The molecule has 0 bridgehead atoms. The summed E-state index contributed by atoms with van der Waals surface area (Å²) >= 11 is 0. The van der Waals surface area contributed by atoms with Gasteiger partial charge in [0, 0.05) is 6.42 Å². The Kier molecular flexibility index (Phi) is 33.8. The molecule has 0 aromatic carbocycles. The fourth-order valence-corrected chi connectivity index (χ4v) is 6.89.